The predicted molar refractivity (Wildman–Crippen MR) is 97.8 cm³/mol. The van der Waals surface area contributed by atoms with E-state index in [9.17, 15) is 4.79 Å². The fourth-order valence-electron chi connectivity index (χ4n) is 1.97. The number of hydrogen-bond donors (Lipinski definition) is 2. The highest BCUT2D eigenvalue weighted by molar-refractivity contribution is 9.10. The largest absolute Gasteiger partial charge is 0.444 e. The third-order valence-corrected chi connectivity index (χ3v) is 3.72. The summed E-state index contributed by atoms with van der Waals surface area (Å²) in [6, 6.07) is 15.6. The van der Waals surface area contributed by atoms with E-state index in [1.165, 1.54) is 0 Å². The van der Waals surface area contributed by atoms with E-state index < -0.39 is 11.7 Å². The number of anilines is 2. The summed E-state index contributed by atoms with van der Waals surface area (Å²) in [7, 11) is 0. The Hall–Kier alpha value is -2.01. The Morgan fingerprint density at radius 2 is 1.78 bits per heavy atom. The molecule has 5 heteroatoms. The Bertz CT molecular complexity index is 681. The molecule has 0 bridgehead atoms. The van der Waals surface area contributed by atoms with E-state index in [0.717, 1.165) is 15.7 Å². The summed E-state index contributed by atoms with van der Waals surface area (Å²) in [6.45, 7) is 6.20. The van der Waals surface area contributed by atoms with Gasteiger partial charge in [-0.15, -0.1) is 0 Å². The van der Waals surface area contributed by atoms with Gasteiger partial charge in [-0.05, 0) is 50.6 Å². The van der Waals surface area contributed by atoms with Crippen molar-refractivity contribution >= 4 is 33.4 Å². The molecule has 2 aromatic rings. The van der Waals surface area contributed by atoms with Crippen molar-refractivity contribution in [2.75, 3.05) is 10.6 Å². The fraction of sp³-hybridized carbons (Fsp3) is 0.278. The van der Waals surface area contributed by atoms with Crippen LogP contribution in [0.4, 0.5) is 16.2 Å². The maximum atomic E-state index is 11.8. The van der Waals surface area contributed by atoms with E-state index >= 15 is 0 Å². The summed E-state index contributed by atoms with van der Waals surface area (Å²) in [5, 5.41) is 6.08. The molecule has 0 unspecified atom stereocenters. The van der Waals surface area contributed by atoms with Gasteiger partial charge in [0.2, 0.25) is 0 Å². The standard InChI is InChI=1S/C18H21BrN2O2/c1-18(2,3)23-17(22)21-15-9-6-8-14(11-15)20-12-13-7-4-5-10-16(13)19/h4-11,20H,12H2,1-3H3,(H,21,22). The summed E-state index contributed by atoms with van der Waals surface area (Å²) >= 11 is 3.53. The lowest BCUT2D eigenvalue weighted by Gasteiger charge is -2.19. The van der Waals surface area contributed by atoms with Gasteiger partial charge >= 0.3 is 6.09 Å². The molecule has 0 aliphatic rings. The Morgan fingerprint density at radius 1 is 1.09 bits per heavy atom. The van der Waals surface area contributed by atoms with Crippen LogP contribution in [0.2, 0.25) is 0 Å². The lowest BCUT2D eigenvalue weighted by atomic mass is 10.2. The van der Waals surface area contributed by atoms with Crippen molar-refractivity contribution in [3.8, 4) is 0 Å². The van der Waals surface area contributed by atoms with Crippen LogP contribution in [0.5, 0.6) is 0 Å². The molecule has 0 aliphatic carbocycles. The molecule has 0 saturated carbocycles. The van der Waals surface area contributed by atoms with Gasteiger partial charge in [0.1, 0.15) is 5.60 Å². The van der Waals surface area contributed by atoms with Crippen LogP contribution in [0.15, 0.2) is 53.0 Å². The number of rotatable bonds is 4. The Labute approximate surface area is 145 Å². The molecule has 2 N–H and O–H groups in total. The number of carbonyl (C=O) groups excluding carboxylic acids is 1. The van der Waals surface area contributed by atoms with Gasteiger partial charge in [-0.2, -0.15) is 0 Å². The van der Waals surface area contributed by atoms with Crippen molar-refractivity contribution in [3.05, 3.63) is 58.6 Å². The first-order chi connectivity index (χ1) is 10.8. The van der Waals surface area contributed by atoms with Gasteiger partial charge in [0.25, 0.3) is 0 Å². The van der Waals surface area contributed by atoms with Gasteiger partial charge < -0.3 is 10.1 Å². The third kappa shape index (κ3) is 5.94. The van der Waals surface area contributed by atoms with Gasteiger partial charge in [0.15, 0.2) is 0 Å². The lowest BCUT2D eigenvalue weighted by Crippen LogP contribution is -2.27. The number of nitrogens with one attached hydrogen (secondary N) is 2. The molecule has 23 heavy (non-hydrogen) atoms. The van der Waals surface area contributed by atoms with Gasteiger partial charge in [0, 0.05) is 22.4 Å². The second-order valence-corrected chi connectivity index (χ2v) is 7.01. The van der Waals surface area contributed by atoms with Crippen molar-refractivity contribution in [3.63, 3.8) is 0 Å². The Balaban J connectivity index is 1.97. The molecule has 0 aromatic heterocycles. The van der Waals surface area contributed by atoms with E-state index in [0.29, 0.717) is 12.2 Å². The Morgan fingerprint density at radius 3 is 2.48 bits per heavy atom. The second kappa shape index (κ2) is 7.51. The minimum Gasteiger partial charge on any atom is -0.444 e. The van der Waals surface area contributed by atoms with Crippen LogP contribution in [0.25, 0.3) is 0 Å². The number of amides is 1. The summed E-state index contributed by atoms with van der Waals surface area (Å²) < 4.78 is 6.32. The quantitative estimate of drug-likeness (QED) is 0.749. The summed E-state index contributed by atoms with van der Waals surface area (Å²) in [5.74, 6) is 0. The molecule has 0 radical (unpaired) electrons. The van der Waals surface area contributed by atoms with Crippen LogP contribution < -0.4 is 10.6 Å². The number of hydrogen-bond acceptors (Lipinski definition) is 3. The molecule has 0 aliphatic heterocycles. The SMILES string of the molecule is CC(C)(C)OC(=O)Nc1cccc(NCc2ccccc2Br)c1. The van der Waals surface area contributed by atoms with Crippen LogP contribution in [-0.2, 0) is 11.3 Å². The first kappa shape index (κ1) is 17.3. The Kier molecular flexibility index (Phi) is 5.66. The molecule has 0 saturated heterocycles. The zero-order chi connectivity index (χ0) is 16.9. The predicted octanol–water partition coefficient (Wildman–Crippen LogP) is 5.41. The van der Waals surface area contributed by atoms with Crippen molar-refractivity contribution < 1.29 is 9.53 Å². The summed E-state index contributed by atoms with van der Waals surface area (Å²) in [5.41, 5.74) is 2.27. The van der Waals surface area contributed by atoms with Crippen molar-refractivity contribution in [2.24, 2.45) is 0 Å². The normalized spacial score (nSPS) is 11.0. The van der Waals surface area contributed by atoms with E-state index in [1.807, 2.05) is 63.2 Å². The van der Waals surface area contributed by atoms with E-state index in [2.05, 4.69) is 32.6 Å². The average molecular weight is 377 g/mol. The van der Waals surface area contributed by atoms with Crippen molar-refractivity contribution in [1.82, 2.24) is 0 Å². The first-order valence-corrected chi connectivity index (χ1v) is 8.20. The smallest absolute Gasteiger partial charge is 0.412 e. The van der Waals surface area contributed by atoms with Crippen molar-refractivity contribution in [2.45, 2.75) is 32.9 Å². The van der Waals surface area contributed by atoms with Crippen LogP contribution in [0.3, 0.4) is 0 Å². The van der Waals surface area contributed by atoms with Gasteiger partial charge in [0.05, 0.1) is 0 Å². The molecular weight excluding hydrogens is 356 g/mol. The topological polar surface area (TPSA) is 50.4 Å². The fourth-order valence-corrected chi connectivity index (χ4v) is 2.39. The van der Waals surface area contributed by atoms with Crippen LogP contribution in [-0.4, -0.2) is 11.7 Å². The monoisotopic (exact) mass is 376 g/mol. The molecule has 0 atom stereocenters. The van der Waals surface area contributed by atoms with E-state index in [-0.39, 0.29) is 0 Å². The third-order valence-electron chi connectivity index (χ3n) is 2.95. The number of benzene rings is 2. The molecule has 0 spiro atoms. The highest BCUT2D eigenvalue weighted by atomic mass is 79.9. The number of halogens is 1. The molecular formula is C18H21BrN2O2. The van der Waals surface area contributed by atoms with E-state index in [1.54, 1.807) is 0 Å². The summed E-state index contributed by atoms with van der Waals surface area (Å²) in [6.07, 6.45) is -0.458. The second-order valence-electron chi connectivity index (χ2n) is 6.15. The molecule has 2 rings (SSSR count). The van der Waals surface area contributed by atoms with Gasteiger partial charge in [-0.1, -0.05) is 40.2 Å². The maximum absolute atomic E-state index is 11.8. The van der Waals surface area contributed by atoms with Gasteiger partial charge in [-0.3, -0.25) is 5.32 Å². The van der Waals surface area contributed by atoms with Crippen molar-refractivity contribution in [1.29, 1.82) is 0 Å². The lowest BCUT2D eigenvalue weighted by molar-refractivity contribution is 0.0636. The molecule has 122 valence electrons. The molecule has 4 nitrogen and oxygen atoms in total. The van der Waals surface area contributed by atoms with Crippen LogP contribution in [0.1, 0.15) is 26.3 Å². The highest BCUT2D eigenvalue weighted by Gasteiger charge is 2.16. The van der Waals surface area contributed by atoms with Crippen LogP contribution in [0, 0.1) is 0 Å². The molecule has 2 aromatic carbocycles. The van der Waals surface area contributed by atoms with Crippen LogP contribution >= 0.6 is 15.9 Å². The number of ether oxygens (including phenoxy) is 1. The average Bonchev–Trinajstić information content (AvgIpc) is 2.45. The molecule has 1 amide bonds. The molecule has 0 fully saturated rings. The maximum Gasteiger partial charge on any atom is 0.412 e. The summed E-state index contributed by atoms with van der Waals surface area (Å²) in [4.78, 5) is 11.8. The zero-order valence-electron chi connectivity index (χ0n) is 13.5. The van der Waals surface area contributed by atoms with Gasteiger partial charge in [-0.25, -0.2) is 4.79 Å². The molecule has 0 heterocycles. The first-order valence-electron chi connectivity index (χ1n) is 7.41. The minimum atomic E-state index is -0.514. The highest BCUT2D eigenvalue weighted by Crippen LogP contribution is 2.20. The number of carbonyl (C=O) groups is 1. The minimum absolute atomic E-state index is 0.458. The zero-order valence-corrected chi connectivity index (χ0v) is 15.1. The van der Waals surface area contributed by atoms with E-state index in [4.69, 9.17) is 4.74 Å².